The lowest BCUT2D eigenvalue weighted by Crippen LogP contribution is -2.39. The standard InChI is InChI=1S/C16H30N2S/c1-11(2)12(3)18(7)13(10-17)14-8-9-15(19-14)16(4,5)6/h8-9,11-13H,10,17H2,1-7H3. The summed E-state index contributed by atoms with van der Waals surface area (Å²) < 4.78 is 0. The van der Waals surface area contributed by atoms with Gasteiger partial charge >= 0.3 is 0 Å². The van der Waals surface area contributed by atoms with Crippen LogP contribution in [0.2, 0.25) is 0 Å². The normalized spacial score (nSPS) is 16.1. The van der Waals surface area contributed by atoms with Gasteiger partial charge in [-0.1, -0.05) is 34.6 Å². The first-order chi connectivity index (χ1) is 8.68. The third kappa shape index (κ3) is 4.04. The van der Waals surface area contributed by atoms with Crippen molar-refractivity contribution in [2.24, 2.45) is 11.7 Å². The Bertz CT molecular complexity index is 390. The molecule has 19 heavy (non-hydrogen) atoms. The molecule has 3 heteroatoms. The van der Waals surface area contributed by atoms with E-state index in [9.17, 15) is 0 Å². The monoisotopic (exact) mass is 282 g/mol. The third-order valence-electron chi connectivity index (χ3n) is 4.02. The summed E-state index contributed by atoms with van der Waals surface area (Å²) in [4.78, 5) is 5.25. The van der Waals surface area contributed by atoms with Crippen molar-refractivity contribution in [1.29, 1.82) is 0 Å². The van der Waals surface area contributed by atoms with E-state index in [2.05, 4.69) is 65.6 Å². The molecule has 0 saturated carbocycles. The molecule has 0 aromatic carbocycles. The predicted molar refractivity (Wildman–Crippen MR) is 86.9 cm³/mol. The van der Waals surface area contributed by atoms with E-state index < -0.39 is 0 Å². The van der Waals surface area contributed by atoms with Gasteiger partial charge in [-0.3, -0.25) is 4.90 Å². The Morgan fingerprint density at radius 1 is 1.21 bits per heavy atom. The van der Waals surface area contributed by atoms with Crippen LogP contribution in [0.1, 0.15) is 57.3 Å². The molecule has 0 fully saturated rings. The third-order valence-corrected chi connectivity index (χ3v) is 5.63. The van der Waals surface area contributed by atoms with Crippen molar-refractivity contribution in [2.75, 3.05) is 13.6 Å². The summed E-state index contributed by atoms with van der Waals surface area (Å²) in [6, 6.07) is 5.38. The van der Waals surface area contributed by atoms with Crippen LogP contribution in [0.4, 0.5) is 0 Å². The van der Waals surface area contributed by atoms with Crippen molar-refractivity contribution >= 4 is 11.3 Å². The first kappa shape index (κ1) is 16.7. The molecule has 110 valence electrons. The second-order valence-electron chi connectivity index (χ2n) is 6.85. The van der Waals surface area contributed by atoms with Crippen LogP contribution in [0.25, 0.3) is 0 Å². The molecule has 2 atom stereocenters. The fourth-order valence-electron chi connectivity index (χ4n) is 2.17. The van der Waals surface area contributed by atoms with E-state index in [0.717, 1.165) is 0 Å². The highest BCUT2D eigenvalue weighted by molar-refractivity contribution is 7.12. The zero-order valence-corrected chi connectivity index (χ0v) is 14.3. The van der Waals surface area contributed by atoms with Gasteiger partial charge in [0, 0.05) is 22.3 Å². The van der Waals surface area contributed by atoms with Crippen molar-refractivity contribution in [2.45, 2.75) is 59.0 Å². The molecular formula is C16H30N2S. The summed E-state index contributed by atoms with van der Waals surface area (Å²) in [6.07, 6.45) is 0. The van der Waals surface area contributed by atoms with Crippen molar-refractivity contribution in [3.8, 4) is 0 Å². The molecule has 0 aliphatic heterocycles. The lowest BCUT2D eigenvalue weighted by molar-refractivity contribution is 0.154. The van der Waals surface area contributed by atoms with Crippen molar-refractivity contribution in [3.63, 3.8) is 0 Å². The van der Waals surface area contributed by atoms with Crippen LogP contribution in [0.5, 0.6) is 0 Å². The molecule has 0 saturated heterocycles. The highest BCUT2D eigenvalue weighted by Crippen LogP contribution is 2.34. The van der Waals surface area contributed by atoms with Crippen LogP contribution < -0.4 is 5.73 Å². The minimum Gasteiger partial charge on any atom is -0.329 e. The zero-order valence-electron chi connectivity index (χ0n) is 13.5. The van der Waals surface area contributed by atoms with Gasteiger partial charge in [0.25, 0.3) is 0 Å². The molecule has 1 rings (SSSR count). The quantitative estimate of drug-likeness (QED) is 0.883. The molecular weight excluding hydrogens is 252 g/mol. The van der Waals surface area contributed by atoms with Crippen LogP contribution in [0.3, 0.4) is 0 Å². The first-order valence-corrected chi connectivity index (χ1v) is 8.02. The molecule has 1 aromatic rings. The van der Waals surface area contributed by atoms with E-state index in [1.807, 2.05) is 11.3 Å². The highest BCUT2D eigenvalue weighted by Gasteiger charge is 2.25. The van der Waals surface area contributed by atoms with Crippen molar-refractivity contribution in [3.05, 3.63) is 21.9 Å². The molecule has 0 radical (unpaired) electrons. The van der Waals surface area contributed by atoms with E-state index in [1.165, 1.54) is 9.75 Å². The summed E-state index contributed by atoms with van der Waals surface area (Å²) in [6.45, 7) is 14.3. The Hall–Kier alpha value is -0.380. The lowest BCUT2D eigenvalue weighted by atomic mass is 9.95. The van der Waals surface area contributed by atoms with E-state index in [0.29, 0.717) is 24.5 Å². The highest BCUT2D eigenvalue weighted by atomic mass is 32.1. The number of hydrogen-bond acceptors (Lipinski definition) is 3. The second kappa shape index (κ2) is 6.38. The van der Waals surface area contributed by atoms with Gasteiger partial charge in [-0.05, 0) is 37.4 Å². The van der Waals surface area contributed by atoms with Gasteiger partial charge in [-0.2, -0.15) is 0 Å². The Morgan fingerprint density at radius 2 is 1.79 bits per heavy atom. The molecule has 0 amide bonds. The fraction of sp³-hybridized carbons (Fsp3) is 0.750. The Labute approximate surface area is 123 Å². The number of nitrogens with two attached hydrogens (primary N) is 1. The van der Waals surface area contributed by atoms with Gasteiger partial charge in [0.1, 0.15) is 0 Å². The lowest BCUT2D eigenvalue weighted by Gasteiger charge is -2.34. The van der Waals surface area contributed by atoms with Gasteiger partial charge in [-0.25, -0.2) is 0 Å². The topological polar surface area (TPSA) is 29.3 Å². The maximum atomic E-state index is 6.03. The van der Waals surface area contributed by atoms with Gasteiger partial charge < -0.3 is 5.73 Å². The summed E-state index contributed by atoms with van der Waals surface area (Å²) in [5.41, 5.74) is 6.25. The molecule has 2 nitrogen and oxygen atoms in total. The number of hydrogen-bond donors (Lipinski definition) is 1. The average molecular weight is 282 g/mol. The number of thiophene rings is 1. The van der Waals surface area contributed by atoms with Crippen molar-refractivity contribution in [1.82, 2.24) is 4.90 Å². The van der Waals surface area contributed by atoms with Crippen LogP contribution in [0.15, 0.2) is 12.1 Å². The van der Waals surface area contributed by atoms with Gasteiger partial charge in [0.2, 0.25) is 0 Å². The molecule has 0 aliphatic carbocycles. The smallest absolute Gasteiger partial charge is 0.0564 e. The minimum absolute atomic E-state index is 0.226. The number of rotatable bonds is 5. The van der Waals surface area contributed by atoms with E-state index >= 15 is 0 Å². The predicted octanol–water partition coefficient (Wildman–Crippen LogP) is 4.02. The Morgan fingerprint density at radius 3 is 2.16 bits per heavy atom. The molecule has 0 spiro atoms. The summed E-state index contributed by atoms with van der Waals surface area (Å²) in [7, 11) is 2.19. The first-order valence-electron chi connectivity index (χ1n) is 7.20. The average Bonchev–Trinajstić information content (AvgIpc) is 2.77. The van der Waals surface area contributed by atoms with E-state index in [-0.39, 0.29) is 5.41 Å². The zero-order chi connectivity index (χ0) is 14.8. The number of likely N-dealkylation sites (N-methyl/N-ethyl adjacent to an activating group) is 1. The molecule has 2 unspecified atom stereocenters. The fourth-order valence-corrected chi connectivity index (χ4v) is 3.40. The SMILES string of the molecule is CC(C)C(C)N(C)C(CN)c1ccc(C(C)(C)C)s1. The molecule has 1 heterocycles. The maximum Gasteiger partial charge on any atom is 0.0564 e. The molecule has 1 aromatic heterocycles. The molecule has 0 bridgehead atoms. The van der Waals surface area contributed by atoms with E-state index in [1.54, 1.807) is 0 Å². The largest absolute Gasteiger partial charge is 0.329 e. The van der Waals surface area contributed by atoms with Gasteiger partial charge in [-0.15, -0.1) is 11.3 Å². The summed E-state index contributed by atoms with van der Waals surface area (Å²) in [5.74, 6) is 0.640. The summed E-state index contributed by atoms with van der Waals surface area (Å²) >= 11 is 1.91. The van der Waals surface area contributed by atoms with Crippen LogP contribution in [-0.4, -0.2) is 24.5 Å². The second-order valence-corrected chi connectivity index (χ2v) is 7.97. The number of nitrogens with zero attached hydrogens (tertiary/aromatic N) is 1. The van der Waals surface area contributed by atoms with Gasteiger partial charge in [0.05, 0.1) is 6.04 Å². The van der Waals surface area contributed by atoms with Crippen LogP contribution in [0, 0.1) is 5.92 Å². The summed E-state index contributed by atoms with van der Waals surface area (Å²) in [5, 5.41) is 0. The van der Waals surface area contributed by atoms with Crippen molar-refractivity contribution < 1.29 is 0 Å². The maximum absolute atomic E-state index is 6.03. The van der Waals surface area contributed by atoms with E-state index in [4.69, 9.17) is 5.73 Å². The minimum atomic E-state index is 0.226. The van der Waals surface area contributed by atoms with Gasteiger partial charge in [0.15, 0.2) is 0 Å². The van der Waals surface area contributed by atoms with Crippen LogP contribution >= 0.6 is 11.3 Å². The molecule has 0 aliphatic rings. The molecule has 2 N–H and O–H groups in total. The Balaban J connectivity index is 2.95. The Kier molecular flexibility index (Phi) is 5.60. The van der Waals surface area contributed by atoms with Crippen LogP contribution in [-0.2, 0) is 5.41 Å².